The van der Waals surface area contributed by atoms with Gasteiger partial charge in [-0.25, -0.2) is 0 Å². The second-order valence-corrected chi connectivity index (χ2v) is 5.26. The van der Waals surface area contributed by atoms with Crippen LogP contribution in [0.3, 0.4) is 0 Å². The number of nitrogens with one attached hydrogen (secondary N) is 1. The second-order valence-electron chi connectivity index (χ2n) is 5.26. The van der Waals surface area contributed by atoms with E-state index in [-0.39, 0.29) is 24.1 Å². The molecule has 0 saturated carbocycles. The summed E-state index contributed by atoms with van der Waals surface area (Å²) in [6.45, 7) is 1.81. The van der Waals surface area contributed by atoms with Gasteiger partial charge < -0.3 is 20.4 Å². The number of amides is 1. The number of phenols is 1. The fourth-order valence-corrected chi connectivity index (χ4v) is 2.42. The summed E-state index contributed by atoms with van der Waals surface area (Å²) in [5.74, 6) is -0.875. The molecule has 3 N–H and O–H groups in total. The molecule has 1 aliphatic rings. The molecular weight excluding hydrogens is 272 g/mol. The van der Waals surface area contributed by atoms with E-state index in [2.05, 4.69) is 5.32 Å². The van der Waals surface area contributed by atoms with Gasteiger partial charge in [0, 0.05) is 19.6 Å². The number of hydrogen-bond acceptors (Lipinski definition) is 4. The SMILES string of the molecule is O=C(O)C1CCN(C(=O)CNCc2ccc(O)cc2)CC1. The molecule has 1 heterocycles. The molecule has 1 amide bonds. The molecule has 1 aliphatic heterocycles. The van der Waals surface area contributed by atoms with Crippen LogP contribution in [0.25, 0.3) is 0 Å². The van der Waals surface area contributed by atoms with Crippen molar-refractivity contribution in [1.82, 2.24) is 10.2 Å². The molecule has 1 fully saturated rings. The van der Waals surface area contributed by atoms with Gasteiger partial charge in [-0.3, -0.25) is 9.59 Å². The second kappa shape index (κ2) is 7.08. The van der Waals surface area contributed by atoms with Gasteiger partial charge in [-0.15, -0.1) is 0 Å². The van der Waals surface area contributed by atoms with Crippen molar-refractivity contribution >= 4 is 11.9 Å². The van der Waals surface area contributed by atoms with E-state index in [0.29, 0.717) is 32.5 Å². The molecule has 0 radical (unpaired) electrons. The molecular formula is C15H20N2O4. The van der Waals surface area contributed by atoms with Crippen molar-refractivity contribution in [3.8, 4) is 5.75 Å². The lowest BCUT2D eigenvalue weighted by molar-refractivity contribution is -0.145. The maximum atomic E-state index is 12.0. The molecule has 6 heteroatoms. The van der Waals surface area contributed by atoms with E-state index in [4.69, 9.17) is 5.11 Å². The number of likely N-dealkylation sites (tertiary alicyclic amines) is 1. The third-order valence-electron chi connectivity index (χ3n) is 3.74. The zero-order chi connectivity index (χ0) is 15.2. The van der Waals surface area contributed by atoms with Crippen LogP contribution in [0.4, 0.5) is 0 Å². The van der Waals surface area contributed by atoms with Crippen molar-refractivity contribution in [2.24, 2.45) is 5.92 Å². The fraction of sp³-hybridized carbons (Fsp3) is 0.467. The average Bonchev–Trinajstić information content (AvgIpc) is 2.49. The smallest absolute Gasteiger partial charge is 0.306 e. The summed E-state index contributed by atoms with van der Waals surface area (Å²) in [6, 6.07) is 6.81. The maximum Gasteiger partial charge on any atom is 0.306 e. The lowest BCUT2D eigenvalue weighted by Gasteiger charge is -2.30. The van der Waals surface area contributed by atoms with Crippen molar-refractivity contribution in [2.75, 3.05) is 19.6 Å². The lowest BCUT2D eigenvalue weighted by Crippen LogP contribution is -2.43. The molecule has 1 saturated heterocycles. The quantitative estimate of drug-likeness (QED) is 0.747. The third-order valence-corrected chi connectivity index (χ3v) is 3.74. The maximum absolute atomic E-state index is 12.0. The molecule has 114 valence electrons. The molecule has 1 aromatic carbocycles. The molecule has 0 unspecified atom stereocenters. The van der Waals surface area contributed by atoms with Crippen LogP contribution in [0, 0.1) is 5.92 Å². The topological polar surface area (TPSA) is 89.9 Å². The number of rotatable bonds is 5. The third kappa shape index (κ3) is 4.46. The highest BCUT2D eigenvalue weighted by molar-refractivity contribution is 5.78. The van der Waals surface area contributed by atoms with E-state index in [0.717, 1.165) is 5.56 Å². The van der Waals surface area contributed by atoms with Crippen molar-refractivity contribution in [2.45, 2.75) is 19.4 Å². The van der Waals surface area contributed by atoms with E-state index >= 15 is 0 Å². The Bertz CT molecular complexity index is 493. The van der Waals surface area contributed by atoms with E-state index < -0.39 is 5.97 Å². The first-order valence-electron chi connectivity index (χ1n) is 7.05. The molecule has 0 aromatic heterocycles. The van der Waals surface area contributed by atoms with Gasteiger partial charge in [0.05, 0.1) is 12.5 Å². The Balaban J connectivity index is 1.70. The van der Waals surface area contributed by atoms with Crippen LogP contribution in [0.5, 0.6) is 5.75 Å². The number of carbonyl (C=O) groups excluding carboxylic acids is 1. The predicted molar refractivity (Wildman–Crippen MR) is 76.8 cm³/mol. The number of piperidine rings is 1. The highest BCUT2D eigenvalue weighted by Gasteiger charge is 2.26. The summed E-state index contributed by atoms with van der Waals surface area (Å²) < 4.78 is 0. The summed E-state index contributed by atoms with van der Waals surface area (Å²) in [5.41, 5.74) is 0.991. The Kier molecular flexibility index (Phi) is 5.16. The standard InChI is InChI=1S/C15H20N2O4/c18-13-3-1-11(2-4-13)9-16-10-14(19)17-7-5-12(6-8-17)15(20)21/h1-4,12,16,18H,5-10H2,(H,20,21). The van der Waals surface area contributed by atoms with Gasteiger partial charge in [-0.05, 0) is 30.5 Å². The molecule has 6 nitrogen and oxygen atoms in total. The Morgan fingerprint density at radius 1 is 1.19 bits per heavy atom. The minimum absolute atomic E-state index is 0.00221. The zero-order valence-corrected chi connectivity index (χ0v) is 11.8. The summed E-state index contributed by atoms with van der Waals surface area (Å²) >= 11 is 0. The van der Waals surface area contributed by atoms with E-state index in [1.54, 1.807) is 29.2 Å². The van der Waals surface area contributed by atoms with Crippen LogP contribution in [-0.2, 0) is 16.1 Å². The molecule has 21 heavy (non-hydrogen) atoms. The Morgan fingerprint density at radius 2 is 1.81 bits per heavy atom. The first-order chi connectivity index (χ1) is 10.1. The molecule has 0 spiro atoms. The monoisotopic (exact) mass is 292 g/mol. The molecule has 1 aromatic rings. The van der Waals surface area contributed by atoms with Crippen molar-refractivity contribution in [3.63, 3.8) is 0 Å². The number of phenolic OH excluding ortho intramolecular Hbond substituents is 1. The number of aliphatic carboxylic acids is 1. The lowest BCUT2D eigenvalue weighted by atomic mass is 9.97. The van der Waals surface area contributed by atoms with Crippen LogP contribution in [0.1, 0.15) is 18.4 Å². The largest absolute Gasteiger partial charge is 0.508 e. The highest BCUT2D eigenvalue weighted by atomic mass is 16.4. The summed E-state index contributed by atoms with van der Waals surface area (Å²) in [5, 5.41) is 21.2. The Labute approximate surface area is 123 Å². The highest BCUT2D eigenvalue weighted by Crippen LogP contribution is 2.17. The molecule has 0 bridgehead atoms. The van der Waals surface area contributed by atoms with Crippen molar-refractivity contribution in [1.29, 1.82) is 0 Å². The number of benzene rings is 1. The van der Waals surface area contributed by atoms with Gasteiger partial charge in [0.15, 0.2) is 0 Å². The van der Waals surface area contributed by atoms with Gasteiger partial charge in [0.1, 0.15) is 5.75 Å². The summed E-state index contributed by atoms with van der Waals surface area (Å²) in [6.07, 6.45) is 1.05. The summed E-state index contributed by atoms with van der Waals surface area (Å²) in [4.78, 5) is 24.6. The van der Waals surface area contributed by atoms with Gasteiger partial charge in [0.25, 0.3) is 0 Å². The Morgan fingerprint density at radius 3 is 2.38 bits per heavy atom. The van der Waals surface area contributed by atoms with Crippen LogP contribution in [0.2, 0.25) is 0 Å². The number of carbonyl (C=O) groups is 2. The number of nitrogens with zero attached hydrogens (tertiary/aromatic N) is 1. The normalized spacial score (nSPS) is 15.9. The first-order valence-corrected chi connectivity index (χ1v) is 7.05. The number of aromatic hydroxyl groups is 1. The predicted octanol–water partition coefficient (Wildman–Crippen LogP) is 0.805. The van der Waals surface area contributed by atoms with Crippen LogP contribution < -0.4 is 5.32 Å². The van der Waals surface area contributed by atoms with Gasteiger partial charge >= 0.3 is 5.97 Å². The van der Waals surface area contributed by atoms with Gasteiger partial charge in [-0.2, -0.15) is 0 Å². The number of carboxylic acids is 1. The van der Waals surface area contributed by atoms with Crippen LogP contribution >= 0.6 is 0 Å². The van der Waals surface area contributed by atoms with Gasteiger partial charge in [0.2, 0.25) is 5.91 Å². The summed E-state index contributed by atoms with van der Waals surface area (Å²) in [7, 11) is 0. The first kappa shape index (κ1) is 15.3. The molecule has 2 rings (SSSR count). The fourth-order valence-electron chi connectivity index (χ4n) is 2.42. The number of hydrogen-bond donors (Lipinski definition) is 3. The zero-order valence-electron chi connectivity index (χ0n) is 11.8. The van der Waals surface area contributed by atoms with Crippen LogP contribution in [-0.4, -0.2) is 46.6 Å². The Hall–Kier alpha value is -2.08. The molecule has 0 atom stereocenters. The average molecular weight is 292 g/mol. The molecule has 0 aliphatic carbocycles. The van der Waals surface area contributed by atoms with Gasteiger partial charge in [-0.1, -0.05) is 12.1 Å². The van der Waals surface area contributed by atoms with Crippen LogP contribution in [0.15, 0.2) is 24.3 Å². The minimum atomic E-state index is -0.771. The minimum Gasteiger partial charge on any atom is -0.508 e. The van der Waals surface area contributed by atoms with E-state index in [9.17, 15) is 14.7 Å². The van der Waals surface area contributed by atoms with E-state index in [1.165, 1.54) is 0 Å². The van der Waals surface area contributed by atoms with Crippen molar-refractivity contribution < 1.29 is 19.8 Å². The number of carboxylic acid groups (broad SMARTS) is 1. The van der Waals surface area contributed by atoms with Crippen molar-refractivity contribution in [3.05, 3.63) is 29.8 Å². The van der Waals surface area contributed by atoms with E-state index in [1.807, 2.05) is 0 Å².